The van der Waals surface area contributed by atoms with E-state index in [1.54, 1.807) is 6.21 Å². The van der Waals surface area contributed by atoms with E-state index >= 15 is 0 Å². The fourth-order valence-electron chi connectivity index (χ4n) is 2.07. The van der Waals surface area contributed by atoms with Crippen LogP contribution in [0.1, 0.15) is 22.6 Å². The number of aliphatic imine (C=N–C) groups is 1. The van der Waals surface area contributed by atoms with Crippen LogP contribution in [0.3, 0.4) is 0 Å². The van der Waals surface area contributed by atoms with Crippen LogP contribution in [0.5, 0.6) is 0 Å². The van der Waals surface area contributed by atoms with Gasteiger partial charge in [-0.25, -0.2) is 0 Å². The first kappa shape index (κ1) is 15.3. The van der Waals surface area contributed by atoms with Crippen LogP contribution in [0.25, 0.3) is 12.2 Å². The van der Waals surface area contributed by atoms with Crippen molar-refractivity contribution in [2.24, 2.45) is 4.99 Å². The van der Waals surface area contributed by atoms with Crippen LogP contribution in [-0.2, 0) is 0 Å². The number of nitrogens with zero attached hydrogens (tertiary/aromatic N) is 2. The van der Waals surface area contributed by atoms with Crippen molar-refractivity contribution in [2.45, 2.75) is 6.92 Å². The average Bonchev–Trinajstić information content (AvgIpc) is 2.93. The number of aryl methyl sites for hydroxylation is 1. The van der Waals surface area contributed by atoms with E-state index in [2.05, 4.69) is 10.1 Å². The Balaban J connectivity index is 1.84. The van der Waals surface area contributed by atoms with Gasteiger partial charge in [0, 0.05) is 11.2 Å². The molecule has 0 bridgehead atoms. The molecule has 0 aliphatic heterocycles. The minimum atomic E-state index is 0.636. The molecular weight excluding hydrogens is 308 g/mol. The van der Waals surface area contributed by atoms with Gasteiger partial charge in [0.25, 0.3) is 0 Å². The Hall–Kier alpha value is -2.65. The molecule has 0 saturated carbocycles. The van der Waals surface area contributed by atoms with Crippen LogP contribution in [-0.4, -0.2) is 11.4 Å². The van der Waals surface area contributed by atoms with Gasteiger partial charge >= 0.3 is 0 Å². The predicted octanol–water partition coefficient (Wildman–Crippen LogP) is 5.56. The largest absolute Gasteiger partial charge is 0.354 e. The standard InChI is InChI=1S/C19H15ClN2O/c1-14-19(21-13-16-7-10-17(20)11-8-16)18(23-22-14)12-9-15-5-3-2-4-6-15/h2-13H,1H3/b12-9+,21-13?. The Bertz CT molecular complexity index is 834. The minimum absolute atomic E-state index is 0.636. The van der Waals surface area contributed by atoms with Crippen LogP contribution < -0.4 is 0 Å². The highest BCUT2D eigenvalue weighted by atomic mass is 35.5. The van der Waals surface area contributed by atoms with Crippen LogP contribution in [0.2, 0.25) is 5.02 Å². The molecule has 0 atom stereocenters. The Kier molecular flexibility index (Phi) is 4.69. The van der Waals surface area contributed by atoms with E-state index in [4.69, 9.17) is 16.1 Å². The minimum Gasteiger partial charge on any atom is -0.354 e. The van der Waals surface area contributed by atoms with Gasteiger partial charge in [-0.15, -0.1) is 0 Å². The number of hydrogen-bond acceptors (Lipinski definition) is 3. The van der Waals surface area contributed by atoms with E-state index in [9.17, 15) is 0 Å². The van der Waals surface area contributed by atoms with E-state index in [0.717, 1.165) is 22.5 Å². The van der Waals surface area contributed by atoms with Gasteiger partial charge < -0.3 is 4.52 Å². The molecule has 2 aromatic carbocycles. The Morgan fingerprint density at radius 2 is 1.70 bits per heavy atom. The van der Waals surface area contributed by atoms with Crippen molar-refractivity contribution in [3.8, 4) is 0 Å². The summed E-state index contributed by atoms with van der Waals surface area (Å²) in [5.41, 5.74) is 3.54. The molecule has 0 fully saturated rings. The maximum absolute atomic E-state index is 5.88. The van der Waals surface area contributed by atoms with Gasteiger partial charge in [-0.3, -0.25) is 4.99 Å². The lowest BCUT2D eigenvalue weighted by Gasteiger charge is -1.95. The summed E-state index contributed by atoms with van der Waals surface area (Å²) in [6, 6.07) is 17.5. The van der Waals surface area contributed by atoms with Gasteiger partial charge in [0.05, 0.1) is 0 Å². The third-order valence-corrected chi connectivity index (χ3v) is 3.55. The topological polar surface area (TPSA) is 38.4 Å². The molecule has 1 heterocycles. The SMILES string of the molecule is Cc1noc(/C=C/c2ccccc2)c1N=Cc1ccc(Cl)cc1. The molecule has 0 spiro atoms. The lowest BCUT2D eigenvalue weighted by atomic mass is 10.2. The molecule has 1 aromatic heterocycles. The Morgan fingerprint density at radius 3 is 2.43 bits per heavy atom. The van der Waals surface area contributed by atoms with E-state index < -0.39 is 0 Å². The van der Waals surface area contributed by atoms with E-state index in [1.807, 2.05) is 73.7 Å². The first-order valence-corrected chi connectivity index (χ1v) is 7.59. The van der Waals surface area contributed by atoms with E-state index in [1.165, 1.54) is 0 Å². The predicted molar refractivity (Wildman–Crippen MR) is 95.3 cm³/mol. The molecule has 3 aromatic rings. The summed E-state index contributed by atoms with van der Waals surface area (Å²) < 4.78 is 5.35. The second-order valence-electron chi connectivity index (χ2n) is 5.03. The van der Waals surface area contributed by atoms with Gasteiger partial charge in [0.15, 0.2) is 5.76 Å². The van der Waals surface area contributed by atoms with Gasteiger partial charge in [-0.1, -0.05) is 65.3 Å². The first-order valence-electron chi connectivity index (χ1n) is 7.21. The first-order chi connectivity index (χ1) is 11.2. The van der Waals surface area contributed by atoms with Crippen molar-refractivity contribution in [1.29, 1.82) is 0 Å². The fourth-order valence-corrected chi connectivity index (χ4v) is 2.20. The molecular formula is C19H15ClN2O. The Labute approximate surface area is 139 Å². The zero-order chi connectivity index (χ0) is 16.1. The molecule has 114 valence electrons. The molecule has 0 amide bonds. The molecule has 0 N–H and O–H groups in total. The van der Waals surface area contributed by atoms with E-state index in [0.29, 0.717) is 10.8 Å². The monoisotopic (exact) mass is 322 g/mol. The normalized spacial score (nSPS) is 11.6. The van der Waals surface area contributed by atoms with Gasteiger partial charge in [-0.2, -0.15) is 0 Å². The van der Waals surface area contributed by atoms with Gasteiger partial charge in [-0.05, 0) is 36.3 Å². The third-order valence-electron chi connectivity index (χ3n) is 3.30. The highest BCUT2D eigenvalue weighted by Crippen LogP contribution is 2.25. The molecule has 0 unspecified atom stereocenters. The van der Waals surface area contributed by atoms with E-state index in [-0.39, 0.29) is 0 Å². The summed E-state index contributed by atoms with van der Waals surface area (Å²) in [4.78, 5) is 4.50. The van der Waals surface area contributed by atoms with Crippen molar-refractivity contribution in [1.82, 2.24) is 5.16 Å². The zero-order valence-electron chi connectivity index (χ0n) is 12.6. The molecule has 0 saturated heterocycles. The van der Waals surface area contributed by atoms with Gasteiger partial charge in [0.1, 0.15) is 11.4 Å². The maximum atomic E-state index is 5.88. The number of halogens is 1. The zero-order valence-corrected chi connectivity index (χ0v) is 13.4. The fraction of sp³-hybridized carbons (Fsp3) is 0.0526. The quantitative estimate of drug-likeness (QED) is 0.590. The van der Waals surface area contributed by atoms with Gasteiger partial charge in [0.2, 0.25) is 0 Å². The number of benzene rings is 2. The smallest absolute Gasteiger partial charge is 0.185 e. The van der Waals surface area contributed by atoms with Crippen molar-refractivity contribution < 1.29 is 4.52 Å². The summed E-state index contributed by atoms with van der Waals surface area (Å²) in [6.07, 6.45) is 5.63. The lowest BCUT2D eigenvalue weighted by Crippen LogP contribution is -1.80. The molecule has 3 nitrogen and oxygen atoms in total. The molecule has 0 aliphatic rings. The van der Waals surface area contributed by atoms with Crippen LogP contribution in [0.15, 0.2) is 64.1 Å². The summed E-state index contributed by atoms with van der Waals surface area (Å²) in [6.45, 7) is 1.87. The van der Waals surface area contributed by atoms with Crippen LogP contribution in [0.4, 0.5) is 5.69 Å². The molecule has 0 radical (unpaired) electrons. The number of hydrogen-bond donors (Lipinski definition) is 0. The summed E-state index contributed by atoms with van der Waals surface area (Å²) in [5.74, 6) is 0.636. The summed E-state index contributed by atoms with van der Waals surface area (Å²) >= 11 is 5.88. The average molecular weight is 323 g/mol. The van der Waals surface area contributed by atoms with Crippen LogP contribution in [0, 0.1) is 6.92 Å². The van der Waals surface area contributed by atoms with Crippen molar-refractivity contribution in [3.05, 3.63) is 82.2 Å². The van der Waals surface area contributed by atoms with Crippen molar-refractivity contribution in [3.63, 3.8) is 0 Å². The molecule has 4 heteroatoms. The second kappa shape index (κ2) is 7.07. The molecule has 0 aliphatic carbocycles. The second-order valence-corrected chi connectivity index (χ2v) is 5.47. The number of rotatable bonds is 4. The third kappa shape index (κ3) is 3.96. The van der Waals surface area contributed by atoms with Crippen molar-refractivity contribution in [2.75, 3.05) is 0 Å². The summed E-state index contributed by atoms with van der Waals surface area (Å²) in [7, 11) is 0. The maximum Gasteiger partial charge on any atom is 0.185 e. The molecule has 23 heavy (non-hydrogen) atoms. The summed E-state index contributed by atoms with van der Waals surface area (Å²) in [5, 5.41) is 4.70. The lowest BCUT2D eigenvalue weighted by molar-refractivity contribution is 0.408. The highest BCUT2D eigenvalue weighted by molar-refractivity contribution is 6.30. The molecule has 3 rings (SSSR count). The number of aromatic nitrogens is 1. The van der Waals surface area contributed by atoms with Crippen molar-refractivity contribution >= 4 is 35.7 Å². The highest BCUT2D eigenvalue weighted by Gasteiger charge is 2.08. The van der Waals surface area contributed by atoms with Crippen LogP contribution >= 0.6 is 11.6 Å². The Morgan fingerprint density at radius 1 is 0.957 bits per heavy atom.